The summed E-state index contributed by atoms with van der Waals surface area (Å²) in [5.74, 6) is 0.395. The van der Waals surface area contributed by atoms with E-state index in [1.807, 2.05) is 6.92 Å². The minimum Gasteiger partial charge on any atom is -0.480 e. The molecule has 94 valence electrons. The van der Waals surface area contributed by atoms with Crippen molar-refractivity contribution < 1.29 is 14.6 Å². The van der Waals surface area contributed by atoms with Crippen LogP contribution in [0.15, 0.2) is 12.4 Å². The molecule has 17 heavy (non-hydrogen) atoms. The Morgan fingerprint density at radius 3 is 3.00 bits per heavy atom. The molecule has 1 saturated heterocycles. The first-order chi connectivity index (χ1) is 8.19. The molecule has 0 amide bonds. The topological polar surface area (TPSA) is 64.5 Å². The summed E-state index contributed by atoms with van der Waals surface area (Å²) in [5, 5.41) is 10.7. The first-order valence-electron chi connectivity index (χ1n) is 5.89. The molecular formula is C12H18N2O3. The van der Waals surface area contributed by atoms with Gasteiger partial charge in [0.25, 0.3) is 0 Å². The van der Waals surface area contributed by atoms with Gasteiger partial charge >= 0.3 is 0 Å². The molecule has 0 spiro atoms. The molecule has 2 atom stereocenters. The Morgan fingerprint density at radius 1 is 1.53 bits per heavy atom. The van der Waals surface area contributed by atoms with Gasteiger partial charge in [0.05, 0.1) is 19.8 Å². The number of aromatic nitrogens is 2. The van der Waals surface area contributed by atoms with Crippen LogP contribution in [0.3, 0.4) is 0 Å². The normalized spacial score (nSPS) is 29.0. The molecule has 1 aliphatic rings. The van der Waals surface area contributed by atoms with Crippen LogP contribution < -0.4 is 4.74 Å². The van der Waals surface area contributed by atoms with Crippen LogP contribution in [0.5, 0.6) is 5.88 Å². The third-order valence-corrected chi connectivity index (χ3v) is 3.19. The molecule has 0 radical (unpaired) electrons. The second kappa shape index (κ2) is 4.98. The van der Waals surface area contributed by atoms with Crippen LogP contribution in [-0.2, 0) is 10.3 Å². The molecule has 1 aliphatic heterocycles. The van der Waals surface area contributed by atoms with Gasteiger partial charge in [-0.15, -0.1) is 0 Å². The standard InChI is InChI=1S/C12H18N2O3/c1-3-9-8-12(15,4-7-17-9)10-11(16-2)14-6-5-13-10/h5-6,9,15H,3-4,7-8H2,1-2H3. The summed E-state index contributed by atoms with van der Waals surface area (Å²) in [6, 6.07) is 0. The summed E-state index contributed by atoms with van der Waals surface area (Å²) in [7, 11) is 1.54. The lowest BCUT2D eigenvalue weighted by Crippen LogP contribution is -2.39. The van der Waals surface area contributed by atoms with Crippen LogP contribution in [0.25, 0.3) is 0 Å². The van der Waals surface area contributed by atoms with E-state index in [0.29, 0.717) is 31.0 Å². The lowest BCUT2D eigenvalue weighted by molar-refractivity contribution is -0.111. The summed E-state index contributed by atoms with van der Waals surface area (Å²) >= 11 is 0. The van der Waals surface area contributed by atoms with Crippen molar-refractivity contribution in [3.05, 3.63) is 18.1 Å². The monoisotopic (exact) mass is 238 g/mol. The largest absolute Gasteiger partial charge is 0.480 e. The maximum absolute atomic E-state index is 10.7. The van der Waals surface area contributed by atoms with Gasteiger partial charge in [-0.3, -0.25) is 4.98 Å². The molecule has 1 N–H and O–H groups in total. The third-order valence-electron chi connectivity index (χ3n) is 3.19. The van der Waals surface area contributed by atoms with E-state index in [1.54, 1.807) is 12.4 Å². The van der Waals surface area contributed by atoms with Gasteiger partial charge in [-0.1, -0.05) is 6.92 Å². The Balaban J connectivity index is 2.30. The predicted molar refractivity (Wildman–Crippen MR) is 61.7 cm³/mol. The molecule has 2 rings (SSSR count). The van der Waals surface area contributed by atoms with Crippen LogP contribution in [-0.4, -0.2) is 34.9 Å². The quantitative estimate of drug-likeness (QED) is 0.858. The molecule has 1 aromatic heterocycles. The second-order valence-electron chi connectivity index (χ2n) is 4.30. The molecule has 0 bridgehead atoms. The zero-order valence-electron chi connectivity index (χ0n) is 10.2. The van der Waals surface area contributed by atoms with Crippen LogP contribution in [0.2, 0.25) is 0 Å². The zero-order chi connectivity index (χ0) is 12.3. The first kappa shape index (κ1) is 12.3. The molecule has 0 saturated carbocycles. The molecule has 1 fully saturated rings. The minimum atomic E-state index is -0.988. The van der Waals surface area contributed by atoms with E-state index in [2.05, 4.69) is 9.97 Å². The predicted octanol–water partition coefficient (Wildman–Crippen LogP) is 1.26. The fraction of sp³-hybridized carbons (Fsp3) is 0.667. The van der Waals surface area contributed by atoms with Crippen LogP contribution in [0.1, 0.15) is 31.9 Å². The summed E-state index contributed by atoms with van der Waals surface area (Å²) in [5.41, 5.74) is -0.470. The van der Waals surface area contributed by atoms with Gasteiger partial charge in [0.2, 0.25) is 5.88 Å². The van der Waals surface area contributed by atoms with E-state index in [9.17, 15) is 5.11 Å². The van der Waals surface area contributed by atoms with Gasteiger partial charge in [-0.05, 0) is 6.42 Å². The van der Waals surface area contributed by atoms with Crippen molar-refractivity contribution in [2.75, 3.05) is 13.7 Å². The van der Waals surface area contributed by atoms with Crippen LogP contribution >= 0.6 is 0 Å². The van der Waals surface area contributed by atoms with Gasteiger partial charge in [-0.25, -0.2) is 4.98 Å². The fourth-order valence-corrected chi connectivity index (χ4v) is 2.20. The number of aliphatic hydroxyl groups is 1. The molecule has 5 nitrogen and oxygen atoms in total. The van der Waals surface area contributed by atoms with E-state index in [1.165, 1.54) is 7.11 Å². The van der Waals surface area contributed by atoms with Gasteiger partial charge < -0.3 is 14.6 Å². The molecule has 0 aromatic carbocycles. The van der Waals surface area contributed by atoms with Crippen molar-refractivity contribution in [3.63, 3.8) is 0 Å². The average Bonchev–Trinajstić information content (AvgIpc) is 2.38. The van der Waals surface area contributed by atoms with E-state index in [-0.39, 0.29) is 6.10 Å². The van der Waals surface area contributed by atoms with E-state index >= 15 is 0 Å². The highest BCUT2D eigenvalue weighted by Gasteiger charge is 2.39. The minimum absolute atomic E-state index is 0.0699. The van der Waals surface area contributed by atoms with Gasteiger partial charge in [0, 0.05) is 25.2 Å². The Kier molecular flexibility index (Phi) is 3.59. The Morgan fingerprint density at radius 2 is 2.29 bits per heavy atom. The highest BCUT2D eigenvalue weighted by molar-refractivity contribution is 5.25. The first-order valence-corrected chi connectivity index (χ1v) is 5.89. The SMILES string of the molecule is CCC1CC(O)(c2nccnc2OC)CCO1. The average molecular weight is 238 g/mol. The maximum Gasteiger partial charge on any atom is 0.238 e. The van der Waals surface area contributed by atoms with Crippen molar-refractivity contribution in [1.29, 1.82) is 0 Å². The number of rotatable bonds is 3. The highest BCUT2D eigenvalue weighted by Crippen LogP contribution is 2.37. The van der Waals surface area contributed by atoms with Crippen LogP contribution in [0.4, 0.5) is 0 Å². The number of hydrogen-bond donors (Lipinski definition) is 1. The van der Waals surface area contributed by atoms with E-state index in [4.69, 9.17) is 9.47 Å². The third kappa shape index (κ3) is 2.40. The van der Waals surface area contributed by atoms with Crippen molar-refractivity contribution >= 4 is 0 Å². The van der Waals surface area contributed by atoms with Crippen molar-refractivity contribution in [2.24, 2.45) is 0 Å². The summed E-state index contributed by atoms with van der Waals surface area (Å²) in [6.07, 6.45) is 5.15. The van der Waals surface area contributed by atoms with Gasteiger partial charge in [0.15, 0.2) is 0 Å². The van der Waals surface area contributed by atoms with E-state index in [0.717, 1.165) is 6.42 Å². The molecular weight excluding hydrogens is 220 g/mol. The molecule has 2 unspecified atom stereocenters. The maximum atomic E-state index is 10.7. The number of ether oxygens (including phenoxy) is 2. The Bertz CT molecular complexity index is 386. The number of nitrogens with zero attached hydrogens (tertiary/aromatic N) is 2. The Hall–Kier alpha value is -1.20. The molecule has 5 heteroatoms. The second-order valence-corrected chi connectivity index (χ2v) is 4.30. The molecule has 0 aliphatic carbocycles. The van der Waals surface area contributed by atoms with Crippen LogP contribution in [0, 0.1) is 0 Å². The van der Waals surface area contributed by atoms with E-state index < -0.39 is 5.60 Å². The number of hydrogen-bond acceptors (Lipinski definition) is 5. The highest BCUT2D eigenvalue weighted by atomic mass is 16.5. The fourth-order valence-electron chi connectivity index (χ4n) is 2.20. The lowest BCUT2D eigenvalue weighted by atomic mass is 9.86. The summed E-state index contributed by atoms with van der Waals surface area (Å²) in [4.78, 5) is 8.30. The summed E-state index contributed by atoms with van der Waals surface area (Å²) < 4.78 is 10.7. The zero-order valence-corrected chi connectivity index (χ0v) is 10.2. The van der Waals surface area contributed by atoms with Crippen molar-refractivity contribution in [3.8, 4) is 5.88 Å². The molecule has 1 aromatic rings. The number of methoxy groups -OCH3 is 1. The molecule has 2 heterocycles. The smallest absolute Gasteiger partial charge is 0.238 e. The van der Waals surface area contributed by atoms with Crippen molar-refractivity contribution in [2.45, 2.75) is 37.9 Å². The Labute approximate surface area is 101 Å². The van der Waals surface area contributed by atoms with Gasteiger partial charge in [-0.2, -0.15) is 0 Å². The summed E-state index contributed by atoms with van der Waals surface area (Å²) in [6.45, 7) is 2.58. The lowest BCUT2D eigenvalue weighted by Gasteiger charge is -2.36. The van der Waals surface area contributed by atoms with Crippen molar-refractivity contribution in [1.82, 2.24) is 9.97 Å². The van der Waals surface area contributed by atoms with Gasteiger partial charge in [0.1, 0.15) is 11.3 Å².